The van der Waals surface area contributed by atoms with Crippen LogP contribution in [0.3, 0.4) is 0 Å². The van der Waals surface area contributed by atoms with Crippen LogP contribution in [-0.4, -0.2) is 25.3 Å². The van der Waals surface area contributed by atoms with Crippen LogP contribution in [0.2, 0.25) is 0 Å². The second-order valence-corrected chi connectivity index (χ2v) is 6.40. The molecule has 0 radical (unpaired) electrons. The minimum absolute atomic E-state index is 0.200. The monoisotopic (exact) mass is 405 g/mol. The van der Waals surface area contributed by atoms with Crippen LogP contribution in [0.4, 0.5) is 0 Å². The Bertz CT molecular complexity index is 791. The quantitative estimate of drug-likeness (QED) is 0.773. The van der Waals surface area contributed by atoms with Crippen LogP contribution >= 0.6 is 15.9 Å². The molecule has 0 bridgehead atoms. The van der Waals surface area contributed by atoms with Crippen LogP contribution in [0.15, 0.2) is 46.9 Å². The molecule has 25 heavy (non-hydrogen) atoms. The Hall–Kier alpha value is -2.54. The predicted molar refractivity (Wildman–Crippen MR) is 93.5 cm³/mol. The summed E-state index contributed by atoms with van der Waals surface area (Å²) in [6, 6.07) is 11.9. The molecule has 0 aromatic heterocycles. The van der Waals surface area contributed by atoms with Crippen LogP contribution < -0.4 is 14.8 Å². The lowest BCUT2D eigenvalue weighted by atomic mass is 10.1. The van der Waals surface area contributed by atoms with E-state index >= 15 is 0 Å². The fourth-order valence-corrected chi connectivity index (χ4v) is 2.61. The Morgan fingerprint density at radius 1 is 1.16 bits per heavy atom. The fraction of sp³-hybridized carbons (Fsp3) is 0.222. The van der Waals surface area contributed by atoms with Gasteiger partial charge in [-0.25, -0.2) is 4.79 Å². The molecule has 0 fully saturated rings. The van der Waals surface area contributed by atoms with Gasteiger partial charge in [-0.05, 0) is 48.9 Å². The van der Waals surface area contributed by atoms with Gasteiger partial charge in [0.05, 0.1) is 11.6 Å². The SMILES string of the molecule is C[C@H](NC(=O)COC(=O)c1ccc(Br)cc1)c1ccc2c(c1)OCO2. The summed E-state index contributed by atoms with van der Waals surface area (Å²) in [6.07, 6.45) is 0. The molecule has 1 heterocycles. The van der Waals surface area contributed by atoms with Crippen molar-refractivity contribution in [3.8, 4) is 11.5 Å². The summed E-state index contributed by atoms with van der Waals surface area (Å²) in [5.41, 5.74) is 1.26. The van der Waals surface area contributed by atoms with E-state index in [0.29, 0.717) is 17.1 Å². The van der Waals surface area contributed by atoms with E-state index in [1.165, 1.54) is 0 Å². The molecule has 0 saturated heterocycles. The molecule has 1 atom stereocenters. The van der Waals surface area contributed by atoms with Crippen molar-refractivity contribution in [2.75, 3.05) is 13.4 Å². The first-order valence-corrected chi connectivity index (χ1v) is 8.44. The lowest BCUT2D eigenvalue weighted by molar-refractivity contribution is -0.124. The van der Waals surface area contributed by atoms with Gasteiger partial charge in [0.25, 0.3) is 5.91 Å². The second kappa shape index (κ2) is 7.57. The van der Waals surface area contributed by atoms with Crippen molar-refractivity contribution in [1.82, 2.24) is 5.32 Å². The maximum atomic E-state index is 12.0. The van der Waals surface area contributed by atoms with Crippen LogP contribution in [-0.2, 0) is 9.53 Å². The number of halogens is 1. The summed E-state index contributed by atoms with van der Waals surface area (Å²) in [6.45, 7) is 1.70. The number of carbonyl (C=O) groups is 2. The molecule has 1 aliphatic rings. The minimum Gasteiger partial charge on any atom is -0.454 e. The van der Waals surface area contributed by atoms with E-state index in [2.05, 4.69) is 21.2 Å². The normalized spacial score (nSPS) is 13.2. The summed E-state index contributed by atoms with van der Waals surface area (Å²) < 4.78 is 16.5. The van der Waals surface area contributed by atoms with Gasteiger partial charge in [-0.15, -0.1) is 0 Å². The molecule has 1 aliphatic heterocycles. The summed E-state index contributed by atoms with van der Waals surface area (Å²) in [5.74, 6) is 0.417. The summed E-state index contributed by atoms with van der Waals surface area (Å²) >= 11 is 3.29. The van der Waals surface area contributed by atoms with Crippen molar-refractivity contribution < 1.29 is 23.8 Å². The molecule has 0 spiro atoms. The topological polar surface area (TPSA) is 73.9 Å². The summed E-state index contributed by atoms with van der Waals surface area (Å²) in [7, 11) is 0. The first-order chi connectivity index (χ1) is 12.0. The Balaban J connectivity index is 1.52. The third-order valence-corrected chi connectivity index (χ3v) is 4.22. The third-order valence-electron chi connectivity index (χ3n) is 3.69. The van der Waals surface area contributed by atoms with Gasteiger partial charge in [0.15, 0.2) is 18.1 Å². The van der Waals surface area contributed by atoms with Gasteiger partial charge < -0.3 is 19.5 Å². The maximum absolute atomic E-state index is 12.0. The molecule has 6 nitrogen and oxygen atoms in total. The molecule has 2 aromatic rings. The van der Waals surface area contributed by atoms with Crippen LogP contribution in [0.25, 0.3) is 0 Å². The smallest absolute Gasteiger partial charge is 0.338 e. The lowest BCUT2D eigenvalue weighted by Crippen LogP contribution is -2.31. The summed E-state index contributed by atoms with van der Waals surface area (Å²) in [4.78, 5) is 23.9. The van der Waals surface area contributed by atoms with Gasteiger partial charge in [0, 0.05) is 4.47 Å². The highest BCUT2D eigenvalue weighted by Gasteiger charge is 2.17. The first-order valence-electron chi connectivity index (χ1n) is 7.64. The number of esters is 1. The molecule has 0 saturated carbocycles. The Morgan fingerprint density at radius 2 is 1.88 bits per heavy atom. The Labute approximate surface area is 153 Å². The number of nitrogens with one attached hydrogen (secondary N) is 1. The number of hydrogen-bond acceptors (Lipinski definition) is 5. The minimum atomic E-state index is -0.543. The highest BCUT2D eigenvalue weighted by Crippen LogP contribution is 2.34. The highest BCUT2D eigenvalue weighted by molar-refractivity contribution is 9.10. The van der Waals surface area contributed by atoms with Crippen LogP contribution in [0.5, 0.6) is 11.5 Å². The van der Waals surface area contributed by atoms with Gasteiger partial charge in [0.1, 0.15) is 0 Å². The molecule has 1 amide bonds. The Morgan fingerprint density at radius 3 is 2.64 bits per heavy atom. The van der Waals surface area contributed by atoms with E-state index in [0.717, 1.165) is 10.0 Å². The molecular weight excluding hydrogens is 390 g/mol. The zero-order chi connectivity index (χ0) is 17.8. The van der Waals surface area contributed by atoms with Gasteiger partial charge in [-0.3, -0.25) is 4.79 Å². The maximum Gasteiger partial charge on any atom is 0.338 e. The van der Waals surface area contributed by atoms with Gasteiger partial charge >= 0.3 is 5.97 Å². The highest BCUT2D eigenvalue weighted by atomic mass is 79.9. The summed E-state index contributed by atoms with van der Waals surface area (Å²) in [5, 5.41) is 2.78. The molecular formula is C18H16BrNO5. The number of rotatable bonds is 5. The van der Waals surface area contributed by atoms with Crippen LogP contribution in [0, 0.1) is 0 Å². The molecule has 2 aromatic carbocycles. The van der Waals surface area contributed by atoms with Crippen LogP contribution in [0.1, 0.15) is 28.9 Å². The lowest BCUT2D eigenvalue weighted by Gasteiger charge is -2.15. The molecule has 130 valence electrons. The molecule has 3 rings (SSSR count). The largest absolute Gasteiger partial charge is 0.454 e. The predicted octanol–water partition coefficient (Wildman–Crippen LogP) is 3.21. The standard InChI is InChI=1S/C18H16BrNO5/c1-11(13-4-7-15-16(8-13)25-10-24-15)20-17(21)9-23-18(22)12-2-5-14(19)6-3-12/h2-8,11H,9-10H2,1H3,(H,20,21)/t11-/m0/s1. The van der Waals surface area contributed by atoms with E-state index in [1.54, 1.807) is 30.3 Å². The van der Waals surface area contributed by atoms with Crippen molar-refractivity contribution >= 4 is 27.8 Å². The second-order valence-electron chi connectivity index (χ2n) is 5.48. The van der Waals surface area contributed by atoms with Crippen molar-refractivity contribution in [3.63, 3.8) is 0 Å². The molecule has 0 unspecified atom stereocenters. The van der Waals surface area contributed by atoms with Gasteiger partial charge in [-0.1, -0.05) is 22.0 Å². The van der Waals surface area contributed by atoms with Crippen molar-refractivity contribution in [3.05, 3.63) is 58.1 Å². The van der Waals surface area contributed by atoms with Crippen molar-refractivity contribution in [1.29, 1.82) is 0 Å². The number of hydrogen-bond donors (Lipinski definition) is 1. The first kappa shape index (κ1) is 17.3. The Kier molecular flexibility index (Phi) is 5.23. The fourth-order valence-electron chi connectivity index (χ4n) is 2.35. The number of fused-ring (bicyclic) bond motifs is 1. The number of amides is 1. The van der Waals surface area contributed by atoms with Crippen molar-refractivity contribution in [2.24, 2.45) is 0 Å². The van der Waals surface area contributed by atoms with E-state index in [-0.39, 0.29) is 25.3 Å². The van der Waals surface area contributed by atoms with E-state index < -0.39 is 5.97 Å². The number of carbonyl (C=O) groups excluding carboxylic acids is 2. The average molecular weight is 406 g/mol. The molecule has 1 N–H and O–H groups in total. The number of benzene rings is 2. The van der Waals surface area contributed by atoms with E-state index in [9.17, 15) is 9.59 Å². The molecule has 7 heteroatoms. The van der Waals surface area contributed by atoms with Gasteiger partial charge in [-0.2, -0.15) is 0 Å². The van der Waals surface area contributed by atoms with Crippen molar-refractivity contribution in [2.45, 2.75) is 13.0 Å². The third kappa shape index (κ3) is 4.30. The zero-order valence-electron chi connectivity index (χ0n) is 13.5. The van der Waals surface area contributed by atoms with E-state index in [1.807, 2.05) is 19.1 Å². The number of ether oxygens (including phenoxy) is 3. The van der Waals surface area contributed by atoms with E-state index in [4.69, 9.17) is 14.2 Å². The zero-order valence-corrected chi connectivity index (χ0v) is 15.0. The van der Waals surface area contributed by atoms with Gasteiger partial charge in [0.2, 0.25) is 6.79 Å². The molecule has 0 aliphatic carbocycles. The average Bonchev–Trinajstić information content (AvgIpc) is 3.08.